The molecule has 316 valence electrons. The van der Waals surface area contributed by atoms with E-state index >= 15 is 0 Å². The summed E-state index contributed by atoms with van der Waals surface area (Å²) in [7, 11) is 0. The van der Waals surface area contributed by atoms with Crippen LogP contribution in [0.2, 0.25) is 11.8 Å². The minimum absolute atomic E-state index is 0.873. The predicted molar refractivity (Wildman–Crippen MR) is 245 cm³/mol. The van der Waals surface area contributed by atoms with Crippen LogP contribution in [0.3, 0.4) is 0 Å². The third-order valence-electron chi connectivity index (χ3n) is 11.2. The van der Waals surface area contributed by atoms with Crippen LogP contribution in [-0.4, -0.2) is 4.70 Å². The molecule has 3 heteroatoms. The fourth-order valence-corrected chi connectivity index (χ4v) is 7.88. The van der Waals surface area contributed by atoms with Crippen LogP contribution < -0.4 is 0 Å². The molecule has 56 heavy (non-hydrogen) atoms. The van der Waals surface area contributed by atoms with E-state index in [1.165, 1.54) is 169 Å². The first-order valence-electron chi connectivity index (χ1n) is 23.4. The summed E-state index contributed by atoms with van der Waals surface area (Å²) >= 11 is 1.62. The maximum absolute atomic E-state index is 12.1. The minimum atomic E-state index is 0.873. The van der Waals surface area contributed by atoms with E-state index in [9.17, 15) is 5.53 Å². The van der Waals surface area contributed by atoms with Gasteiger partial charge in [0.2, 0.25) is 11.4 Å². The summed E-state index contributed by atoms with van der Waals surface area (Å²) in [5, 5.41) is 0. The van der Waals surface area contributed by atoms with Crippen LogP contribution in [0.5, 0.6) is 0 Å². The Morgan fingerprint density at radius 3 is 1.32 bits per heavy atom. The van der Waals surface area contributed by atoms with Crippen molar-refractivity contribution in [1.29, 1.82) is 0 Å². The van der Waals surface area contributed by atoms with Gasteiger partial charge in [0, 0.05) is 23.1 Å². The summed E-state index contributed by atoms with van der Waals surface area (Å²) in [6.45, 7) is 9.08. The van der Waals surface area contributed by atoms with E-state index in [1.54, 1.807) is 14.4 Å². The first kappa shape index (κ1) is 49.7. The van der Waals surface area contributed by atoms with E-state index in [0.29, 0.717) is 0 Å². The van der Waals surface area contributed by atoms with Gasteiger partial charge in [-0.05, 0) is 80.3 Å². The van der Waals surface area contributed by atoms with Gasteiger partial charge >= 0.3 is 26.2 Å². The molecular formula is C53H84N2Ni. The number of hydrogen-bond acceptors (Lipinski definition) is 0. The molecule has 0 radical (unpaired) electrons. The molecule has 0 spiro atoms. The van der Waals surface area contributed by atoms with E-state index in [0.717, 1.165) is 66.6 Å². The summed E-state index contributed by atoms with van der Waals surface area (Å²) in [6.07, 6.45) is 37.1. The summed E-state index contributed by atoms with van der Waals surface area (Å²) in [5.74, 6) is 11.4. The molecule has 2 aromatic carbocycles. The average Bonchev–Trinajstić information content (AvgIpc) is 3.49. The van der Waals surface area contributed by atoms with Crippen molar-refractivity contribution in [2.24, 2.45) is 0 Å². The Balaban J connectivity index is 0.00000349. The van der Waals surface area contributed by atoms with Gasteiger partial charge in [-0.1, -0.05) is 199 Å². The summed E-state index contributed by atoms with van der Waals surface area (Å²) in [5.41, 5.74) is 21.1. The number of aryl methyl sites for hydroxylation is 2. The van der Waals surface area contributed by atoms with Crippen LogP contribution >= 0.6 is 0 Å². The molecule has 0 aromatic heterocycles. The normalized spacial score (nSPS) is 12.6. The van der Waals surface area contributed by atoms with Crippen molar-refractivity contribution in [3.05, 3.63) is 87.5 Å². The summed E-state index contributed by atoms with van der Waals surface area (Å²) < 4.78 is 1.51. The van der Waals surface area contributed by atoms with E-state index < -0.39 is 0 Å². The molecule has 0 atom stereocenters. The molecule has 0 saturated carbocycles. The van der Waals surface area contributed by atoms with Crippen molar-refractivity contribution >= 4 is 11.4 Å². The molecule has 1 aliphatic heterocycles. The second-order valence-corrected chi connectivity index (χ2v) is 17.3. The topological polar surface area (TPSA) is 25.3 Å². The van der Waals surface area contributed by atoms with Crippen LogP contribution in [0, 0.1) is 11.8 Å². The Morgan fingerprint density at radius 1 is 0.482 bits per heavy atom. The van der Waals surface area contributed by atoms with Crippen LogP contribution in [0.1, 0.15) is 223 Å². The second-order valence-electron chi connectivity index (χ2n) is 16.3. The van der Waals surface area contributed by atoms with E-state index in [4.69, 9.17) is 0 Å². The van der Waals surface area contributed by atoms with Crippen molar-refractivity contribution < 1.29 is 19.1 Å². The molecule has 0 N–H and O–H groups in total. The van der Waals surface area contributed by atoms with E-state index in [-0.39, 0.29) is 0 Å². The van der Waals surface area contributed by atoms with E-state index in [1.807, 2.05) is 0 Å². The first-order chi connectivity index (χ1) is 27.6. The first-order valence-corrected chi connectivity index (χ1v) is 25.4. The van der Waals surface area contributed by atoms with Crippen molar-refractivity contribution in [2.75, 3.05) is 0 Å². The number of benzene rings is 2. The molecule has 0 amide bonds. The quantitative estimate of drug-likeness (QED) is 0.0325. The van der Waals surface area contributed by atoms with Gasteiger partial charge in [-0.25, -0.2) is 4.70 Å². The summed E-state index contributed by atoms with van der Waals surface area (Å²) in [4.78, 5) is 0. The molecule has 0 fully saturated rings. The van der Waals surface area contributed by atoms with Crippen LogP contribution in [-0.2, 0) is 27.3 Å². The fraction of sp³-hybridized carbons (Fsp3) is 0.660. The van der Waals surface area contributed by atoms with Gasteiger partial charge < -0.3 is 5.53 Å². The number of unbranched alkanes of at least 4 members (excludes halogenated alkanes) is 22. The zero-order valence-corrected chi connectivity index (χ0v) is 38.3. The Hall–Kier alpha value is -2.43. The third kappa shape index (κ3) is 20.3. The van der Waals surface area contributed by atoms with Crippen molar-refractivity contribution in [3.63, 3.8) is 0 Å². The number of hydrogen-bond donors (Lipinski definition) is 0. The molecule has 0 saturated heterocycles. The molecule has 2 nitrogen and oxygen atoms in total. The standard InChI is InChI=1S/C51H78N2.2CH3.Ni/c1-5-9-13-15-16-17-18-19-20-21-22-23-24-25-26-27-28-29-31-41-49-48(40-30-14-10-6-2)50(46-38-32-36-44(42-46)34-11-7-3)53(52)51(49)47-39-33-37-45(43-47)35-12-8-4;;;/h32-33,36-39,42-43H,5-30,34-35,40H2,1-4H3;2*1H3;. The van der Waals surface area contributed by atoms with Crippen molar-refractivity contribution in [1.82, 2.24) is 0 Å². The van der Waals surface area contributed by atoms with Crippen molar-refractivity contribution in [2.45, 2.75) is 226 Å². The number of allylic oxidation sites excluding steroid dienone is 2. The Bertz CT molecular complexity index is 1450. The molecule has 2 aromatic rings. The Morgan fingerprint density at radius 2 is 0.875 bits per heavy atom. The van der Waals surface area contributed by atoms with E-state index in [2.05, 4.69) is 99.9 Å². The van der Waals surface area contributed by atoms with Crippen LogP contribution in [0.4, 0.5) is 0 Å². The Kier molecular flexibility index (Phi) is 29.8. The molecule has 1 aliphatic rings. The SMILES string of the molecule is CCCCCCCCCCCCCCCCCCCC#CC1=C(c2cccc(CCCC)c2)[N+](=[N-])C(c2cccc(CCCC)c2)=C1CCCCCC.[CH3][Ni][CH3]. The fourth-order valence-electron chi connectivity index (χ4n) is 7.88. The van der Waals surface area contributed by atoms with Crippen LogP contribution in [0.25, 0.3) is 16.9 Å². The van der Waals surface area contributed by atoms with Gasteiger partial charge in [-0.15, -0.1) is 0 Å². The predicted octanol–water partition coefficient (Wildman–Crippen LogP) is 17.7. The number of rotatable bonds is 30. The zero-order chi connectivity index (χ0) is 40.5. The second kappa shape index (κ2) is 33.5. The van der Waals surface area contributed by atoms with Gasteiger partial charge in [0.1, 0.15) is 5.57 Å². The van der Waals surface area contributed by atoms with Crippen molar-refractivity contribution in [3.8, 4) is 11.8 Å². The molecule has 0 aliphatic carbocycles. The Labute approximate surface area is 353 Å². The maximum atomic E-state index is 12.1. The molecule has 0 unspecified atom stereocenters. The van der Waals surface area contributed by atoms with Gasteiger partial charge in [0.15, 0.2) is 0 Å². The molecular weight excluding hydrogens is 723 g/mol. The molecule has 0 bridgehead atoms. The zero-order valence-electron chi connectivity index (χ0n) is 37.3. The van der Waals surface area contributed by atoms with Gasteiger partial charge in [0.05, 0.1) is 0 Å². The average molecular weight is 808 g/mol. The van der Waals surface area contributed by atoms with Gasteiger partial charge in [-0.2, -0.15) is 0 Å². The molecule has 1 heterocycles. The third-order valence-corrected chi connectivity index (χ3v) is 11.2. The summed E-state index contributed by atoms with van der Waals surface area (Å²) in [6, 6.07) is 17.8. The van der Waals surface area contributed by atoms with Crippen LogP contribution in [0.15, 0.2) is 59.7 Å². The molecule has 3 rings (SSSR count). The van der Waals surface area contributed by atoms with Gasteiger partial charge in [0.25, 0.3) is 0 Å². The number of nitrogens with zero attached hydrogens (tertiary/aromatic N) is 2. The van der Waals surface area contributed by atoms with Gasteiger partial charge in [-0.3, -0.25) is 0 Å². The monoisotopic (exact) mass is 807 g/mol.